The highest BCUT2D eigenvalue weighted by molar-refractivity contribution is 6.23. The third-order valence-electron chi connectivity index (χ3n) is 6.47. The van der Waals surface area contributed by atoms with Crippen LogP contribution in [0.2, 0.25) is 0 Å². The molecule has 2 heterocycles. The zero-order chi connectivity index (χ0) is 22.0. The molecule has 3 aliphatic rings. The van der Waals surface area contributed by atoms with Gasteiger partial charge in [-0.25, -0.2) is 9.37 Å². The van der Waals surface area contributed by atoms with Gasteiger partial charge in [-0.1, -0.05) is 49.6 Å². The van der Waals surface area contributed by atoms with Crippen LogP contribution in [-0.4, -0.2) is 88.5 Å². The van der Waals surface area contributed by atoms with Crippen LogP contribution in [0.5, 0.6) is 0 Å². The van der Waals surface area contributed by atoms with Crippen molar-refractivity contribution < 1.29 is 19.3 Å². The first kappa shape index (κ1) is 21.6. The number of hydrogen-bond donors (Lipinski definition) is 2. The van der Waals surface area contributed by atoms with Crippen molar-refractivity contribution in [2.24, 2.45) is 4.99 Å². The molecule has 8 nitrogen and oxygen atoms in total. The van der Waals surface area contributed by atoms with E-state index < -0.39 is 12.1 Å². The number of rotatable bonds is 7. The second-order valence-corrected chi connectivity index (χ2v) is 8.74. The summed E-state index contributed by atoms with van der Waals surface area (Å²) in [5.41, 5.74) is 1.06. The van der Waals surface area contributed by atoms with E-state index in [0.717, 1.165) is 23.3 Å². The lowest BCUT2D eigenvalue weighted by Gasteiger charge is -2.31. The van der Waals surface area contributed by atoms with Gasteiger partial charge in [0.25, 0.3) is 17.8 Å². The molecule has 2 atom stereocenters. The maximum absolute atomic E-state index is 13.0. The van der Waals surface area contributed by atoms with Gasteiger partial charge in [-0.05, 0) is 23.4 Å². The van der Waals surface area contributed by atoms with Crippen LogP contribution in [0.3, 0.4) is 0 Å². The molecule has 1 aromatic rings. The number of aliphatic hydroxyl groups excluding tert-OH is 1. The molecule has 1 aliphatic carbocycles. The van der Waals surface area contributed by atoms with Crippen molar-refractivity contribution in [1.29, 1.82) is 0 Å². The Morgan fingerprint density at radius 1 is 1.13 bits per heavy atom. The summed E-state index contributed by atoms with van der Waals surface area (Å²) in [4.78, 5) is 32.7. The summed E-state index contributed by atoms with van der Waals surface area (Å²) < 4.78 is 1.87. The predicted molar refractivity (Wildman–Crippen MR) is 118 cm³/mol. The summed E-state index contributed by atoms with van der Waals surface area (Å²) in [5.74, 6) is 0.829. The molecule has 1 aromatic carbocycles. The number of benzene rings is 1. The fraction of sp³-hybridized carbons (Fsp3) is 0.565. The molecule has 0 spiro atoms. The minimum atomic E-state index is -0.684. The van der Waals surface area contributed by atoms with Gasteiger partial charge in [0.15, 0.2) is 0 Å². The average Bonchev–Trinajstić information content (AvgIpc) is 3.14. The number of nitrogens with one attached hydrogen (secondary N) is 1. The number of fused-ring (bicyclic) bond motifs is 1. The molecule has 8 heteroatoms. The van der Waals surface area contributed by atoms with Crippen LogP contribution in [-0.2, 0) is 11.2 Å². The molecule has 0 aromatic heterocycles. The Balaban J connectivity index is 1.55. The van der Waals surface area contributed by atoms with Gasteiger partial charge < -0.3 is 10.4 Å². The molecule has 166 valence electrons. The van der Waals surface area contributed by atoms with Gasteiger partial charge in [0.05, 0.1) is 6.42 Å². The number of carbonyl (C=O) groups is 2. The van der Waals surface area contributed by atoms with Crippen LogP contribution >= 0.6 is 0 Å². The minimum absolute atomic E-state index is 0.279. The molecule has 2 N–H and O–H groups in total. The van der Waals surface area contributed by atoms with Gasteiger partial charge in [0.2, 0.25) is 0 Å². The predicted octanol–water partition coefficient (Wildman–Crippen LogP) is 1.23. The summed E-state index contributed by atoms with van der Waals surface area (Å²) in [7, 11) is 3.13. The molecule has 0 radical (unpaired) electrons. The Labute approximate surface area is 183 Å². The third kappa shape index (κ3) is 4.55. The summed E-state index contributed by atoms with van der Waals surface area (Å²) in [6.45, 7) is 0.752. The first-order valence-electron chi connectivity index (χ1n) is 11.2. The first-order valence-corrected chi connectivity index (χ1v) is 11.2. The van der Waals surface area contributed by atoms with Crippen LogP contribution in [0.15, 0.2) is 35.3 Å². The Kier molecular flexibility index (Phi) is 6.48. The number of amides is 3. The zero-order valence-corrected chi connectivity index (χ0v) is 18.3. The van der Waals surface area contributed by atoms with E-state index in [-0.39, 0.29) is 18.5 Å². The Morgan fingerprint density at radius 3 is 2.55 bits per heavy atom. The summed E-state index contributed by atoms with van der Waals surface area (Å²) in [6, 6.07) is 9.29. The number of carbonyl (C=O) groups excluding carboxylic acids is 2. The fourth-order valence-corrected chi connectivity index (χ4v) is 4.68. The maximum Gasteiger partial charge on any atom is 0.333 e. The highest BCUT2D eigenvalue weighted by Gasteiger charge is 2.53. The highest BCUT2D eigenvalue weighted by Crippen LogP contribution is 2.21. The standard InChI is InChI=1S/C23H32N5O3/c1-26-21-20(22(30)27(2)23(26)31)28(19(25-21)13-16-9-5-3-6-10-16)15-18(29)14-24-17-11-7-4-8-12-17/h3,5-6,9-10,17-18,20,24,29H,4,7-8,11-15H2,1-2H3/q+1. The van der Waals surface area contributed by atoms with Gasteiger partial charge in [-0.15, -0.1) is 0 Å². The van der Waals surface area contributed by atoms with Crippen LogP contribution in [0.4, 0.5) is 4.79 Å². The average molecular weight is 427 g/mol. The summed E-state index contributed by atoms with van der Waals surface area (Å²) in [6.07, 6.45) is 5.92. The number of likely N-dealkylation sites (N-methyl/N-ethyl adjacent to an activating group) is 2. The van der Waals surface area contributed by atoms with Crippen LogP contribution < -0.4 is 5.32 Å². The van der Waals surface area contributed by atoms with E-state index in [1.165, 1.54) is 31.2 Å². The molecule has 4 rings (SSSR count). The van der Waals surface area contributed by atoms with Gasteiger partial charge in [-0.3, -0.25) is 14.6 Å². The molecule has 0 bridgehead atoms. The largest absolute Gasteiger partial charge is 0.388 e. The molecular formula is C23H32N5O3+. The molecular weight excluding hydrogens is 394 g/mol. The SMILES string of the molecule is CN1C(=O)C2C(=NC(Cc3ccccc3)=[N+]2CC(O)CNC2CCCCC2)N(C)C1=O. The minimum Gasteiger partial charge on any atom is -0.388 e. The first-order chi connectivity index (χ1) is 15.0. The smallest absolute Gasteiger partial charge is 0.333 e. The van der Waals surface area contributed by atoms with E-state index in [4.69, 9.17) is 4.99 Å². The van der Waals surface area contributed by atoms with Crippen molar-refractivity contribution >= 4 is 23.6 Å². The second-order valence-electron chi connectivity index (χ2n) is 8.74. The molecule has 2 aliphatic heterocycles. The van der Waals surface area contributed by atoms with Crippen molar-refractivity contribution in [3.05, 3.63) is 35.9 Å². The lowest BCUT2D eigenvalue weighted by molar-refractivity contribution is -0.544. The zero-order valence-electron chi connectivity index (χ0n) is 18.3. The summed E-state index contributed by atoms with van der Waals surface area (Å²) in [5, 5.41) is 14.3. The van der Waals surface area contributed by atoms with Crippen molar-refractivity contribution in [1.82, 2.24) is 15.1 Å². The number of hydrogen-bond acceptors (Lipinski definition) is 5. The van der Waals surface area contributed by atoms with E-state index >= 15 is 0 Å². The number of urea groups is 1. The Bertz CT molecular complexity index is 892. The normalized spacial score (nSPS) is 23.3. The number of amidine groups is 2. The van der Waals surface area contributed by atoms with Crippen molar-refractivity contribution in [3.63, 3.8) is 0 Å². The number of β-amino-alcohol motifs (C(OH)–C–C–N with tert-alkyl or cyclic N) is 1. The molecule has 1 saturated heterocycles. The van der Waals surface area contributed by atoms with E-state index in [1.807, 2.05) is 34.9 Å². The van der Waals surface area contributed by atoms with Gasteiger partial charge in [0.1, 0.15) is 12.6 Å². The number of aliphatic imine (C=N–C) groups is 1. The van der Waals surface area contributed by atoms with Crippen molar-refractivity contribution in [2.75, 3.05) is 27.2 Å². The summed E-state index contributed by atoms with van der Waals surface area (Å²) >= 11 is 0. The van der Waals surface area contributed by atoms with Crippen molar-refractivity contribution in [2.45, 2.75) is 56.7 Å². The van der Waals surface area contributed by atoms with Crippen molar-refractivity contribution in [3.8, 4) is 0 Å². The molecule has 1 saturated carbocycles. The quantitative estimate of drug-likeness (QED) is 0.642. The Hall–Kier alpha value is -2.58. The number of imide groups is 1. The van der Waals surface area contributed by atoms with Gasteiger partial charge in [0, 0.05) is 26.7 Å². The Morgan fingerprint density at radius 2 is 1.84 bits per heavy atom. The second kappa shape index (κ2) is 9.28. The van der Waals surface area contributed by atoms with Gasteiger partial charge >= 0.3 is 11.9 Å². The molecule has 2 unspecified atom stereocenters. The van der Waals surface area contributed by atoms with E-state index in [0.29, 0.717) is 30.7 Å². The topological polar surface area (TPSA) is 88.2 Å². The van der Waals surface area contributed by atoms with Gasteiger partial charge in [-0.2, -0.15) is 0 Å². The lowest BCUT2D eigenvalue weighted by atomic mass is 9.95. The van der Waals surface area contributed by atoms with E-state index in [1.54, 1.807) is 7.05 Å². The van der Waals surface area contributed by atoms with Crippen LogP contribution in [0, 0.1) is 0 Å². The number of nitrogens with zero attached hydrogens (tertiary/aromatic N) is 4. The third-order valence-corrected chi connectivity index (χ3v) is 6.47. The number of aliphatic hydroxyl groups is 1. The molecule has 31 heavy (non-hydrogen) atoms. The monoisotopic (exact) mass is 426 g/mol. The van der Waals surface area contributed by atoms with Crippen LogP contribution in [0.1, 0.15) is 37.7 Å². The molecule has 2 fully saturated rings. The van der Waals surface area contributed by atoms with Crippen LogP contribution in [0.25, 0.3) is 0 Å². The molecule has 3 amide bonds. The fourth-order valence-electron chi connectivity index (χ4n) is 4.68. The van der Waals surface area contributed by atoms with E-state index in [9.17, 15) is 14.7 Å². The lowest BCUT2D eigenvalue weighted by Crippen LogP contribution is -2.62. The highest BCUT2D eigenvalue weighted by atomic mass is 16.3. The van der Waals surface area contributed by atoms with E-state index in [2.05, 4.69) is 5.32 Å². The maximum atomic E-state index is 13.0.